The van der Waals surface area contributed by atoms with Gasteiger partial charge in [0.05, 0.1) is 17.9 Å². The van der Waals surface area contributed by atoms with E-state index in [-0.39, 0.29) is 6.04 Å². The highest BCUT2D eigenvalue weighted by molar-refractivity contribution is 5.51. The maximum Gasteiger partial charge on any atom is 0.0598 e. The zero-order valence-electron chi connectivity index (χ0n) is 13.0. The summed E-state index contributed by atoms with van der Waals surface area (Å²) >= 11 is 0. The van der Waals surface area contributed by atoms with Crippen LogP contribution in [0.1, 0.15) is 6.42 Å². The molecule has 0 radical (unpaired) electrons. The van der Waals surface area contributed by atoms with E-state index in [0.29, 0.717) is 5.92 Å². The molecule has 3 rings (SSSR count). The van der Waals surface area contributed by atoms with Gasteiger partial charge in [-0.05, 0) is 36.9 Å². The molecule has 0 amide bonds. The number of anilines is 2. The van der Waals surface area contributed by atoms with Gasteiger partial charge in [-0.25, -0.2) is 0 Å². The Morgan fingerprint density at radius 3 is 2.78 bits per heavy atom. The minimum Gasteiger partial charge on any atom is -0.362 e. The van der Waals surface area contributed by atoms with Gasteiger partial charge in [-0.3, -0.25) is 4.98 Å². The molecule has 3 nitrogen and oxygen atoms in total. The van der Waals surface area contributed by atoms with Gasteiger partial charge in [0.2, 0.25) is 0 Å². The van der Waals surface area contributed by atoms with Crippen LogP contribution in [-0.2, 0) is 0 Å². The first kappa shape index (κ1) is 15.1. The zero-order valence-corrected chi connectivity index (χ0v) is 13.0. The third-order valence-corrected chi connectivity index (χ3v) is 3.95. The van der Waals surface area contributed by atoms with Crippen LogP contribution in [0.3, 0.4) is 0 Å². The van der Waals surface area contributed by atoms with Crippen molar-refractivity contribution in [3.05, 3.63) is 92.1 Å². The molecule has 1 aromatic heterocycles. The number of aromatic nitrogens is 1. The van der Waals surface area contributed by atoms with E-state index >= 15 is 0 Å². The van der Waals surface area contributed by atoms with Gasteiger partial charge in [0, 0.05) is 24.0 Å². The molecule has 0 saturated heterocycles. The molecule has 0 saturated carbocycles. The van der Waals surface area contributed by atoms with Crippen molar-refractivity contribution in [2.45, 2.75) is 12.5 Å². The largest absolute Gasteiger partial charge is 0.362 e. The first-order valence-electron chi connectivity index (χ1n) is 7.84. The standard InChI is InChI=1S/C20H21N3/c1-2-19-15-17(10-13-22-18-7-4-3-5-8-18)11-14-23(19)20-9-6-12-21-16-20/h2-14,16-17,19,22H,1,15H2/b13-10+. The van der Waals surface area contributed by atoms with E-state index in [1.165, 1.54) is 0 Å². The lowest BCUT2D eigenvalue weighted by Gasteiger charge is -2.33. The lowest BCUT2D eigenvalue weighted by molar-refractivity contribution is 0.596. The van der Waals surface area contributed by atoms with Crippen LogP contribution in [0, 0.1) is 5.92 Å². The minimum absolute atomic E-state index is 0.274. The summed E-state index contributed by atoms with van der Waals surface area (Å²) in [6, 6.07) is 14.5. The third kappa shape index (κ3) is 3.89. The fraction of sp³-hybridized carbons (Fsp3) is 0.150. The highest BCUT2D eigenvalue weighted by atomic mass is 15.2. The van der Waals surface area contributed by atoms with E-state index in [9.17, 15) is 0 Å². The number of benzene rings is 1. The van der Waals surface area contributed by atoms with Crippen LogP contribution in [-0.4, -0.2) is 11.0 Å². The highest BCUT2D eigenvalue weighted by Crippen LogP contribution is 2.27. The summed E-state index contributed by atoms with van der Waals surface area (Å²) in [4.78, 5) is 6.41. The second-order valence-electron chi connectivity index (χ2n) is 5.53. The van der Waals surface area contributed by atoms with Gasteiger partial charge in [-0.15, -0.1) is 6.58 Å². The second kappa shape index (κ2) is 7.45. The number of nitrogens with one attached hydrogen (secondary N) is 1. The quantitative estimate of drug-likeness (QED) is 0.818. The summed E-state index contributed by atoms with van der Waals surface area (Å²) in [5.41, 5.74) is 2.19. The van der Waals surface area contributed by atoms with E-state index in [2.05, 4.69) is 58.3 Å². The van der Waals surface area contributed by atoms with Crippen LogP contribution in [0.15, 0.2) is 92.1 Å². The van der Waals surface area contributed by atoms with Gasteiger partial charge in [0.25, 0.3) is 0 Å². The monoisotopic (exact) mass is 303 g/mol. The molecule has 0 aliphatic carbocycles. The third-order valence-electron chi connectivity index (χ3n) is 3.95. The van der Waals surface area contributed by atoms with E-state index < -0.39 is 0 Å². The Morgan fingerprint density at radius 1 is 1.17 bits per heavy atom. The normalized spacial score (nSPS) is 20.6. The van der Waals surface area contributed by atoms with Crippen molar-refractivity contribution in [1.82, 2.24) is 4.98 Å². The fourth-order valence-electron chi connectivity index (χ4n) is 2.72. The Kier molecular flexibility index (Phi) is 4.89. The lowest BCUT2D eigenvalue weighted by atomic mass is 9.95. The van der Waals surface area contributed by atoms with Crippen LogP contribution in [0.2, 0.25) is 0 Å². The molecule has 1 aliphatic heterocycles. The predicted octanol–water partition coefficient (Wildman–Crippen LogP) is 4.60. The van der Waals surface area contributed by atoms with Crippen molar-refractivity contribution in [2.24, 2.45) is 5.92 Å². The van der Waals surface area contributed by atoms with Gasteiger partial charge >= 0.3 is 0 Å². The maximum absolute atomic E-state index is 4.20. The van der Waals surface area contributed by atoms with E-state index in [4.69, 9.17) is 0 Å². The first-order chi connectivity index (χ1) is 11.4. The number of hydrogen-bond donors (Lipinski definition) is 1. The van der Waals surface area contributed by atoms with Crippen molar-refractivity contribution in [2.75, 3.05) is 10.2 Å². The number of nitrogens with zero attached hydrogens (tertiary/aromatic N) is 2. The average Bonchev–Trinajstić information content (AvgIpc) is 2.63. The van der Waals surface area contributed by atoms with Crippen molar-refractivity contribution >= 4 is 11.4 Å². The van der Waals surface area contributed by atoms with E-state index in [0.717, 1.165) is 17.8 Å². The molecular weight excluding hydrogens is 282 g/mol. The molecule has 23 heavy (non-hydrogen) atoms. The van der Waals surface area contributed by atoms with Gasteiger partial charge in [0.1, 0.15) is 0 Å². The smallest absolute Gasteiger partial charge is 0.0598 e. The zero-order chi connectivity index (χ0) is 15.9. The fourth-order valence-corrected chi connectivity index (χ4v) is 2.72. The van der Waals surface area contributed by atoms with Crippen molar-refractivity contribution < 1.29 is 0 Å². The highest BCUT2D eigenvalue weighted by Gasteiger charge is 2.21. The van der Waals surface area contributed by atoms with Gasteiger partial charge in [-0.2, -0.15) is 0 Å². The molecule has 2 unspecified atom stereocenters. The number of allylic oxidation sites excluding steroid dienone is 2. The Balaban J connectivity index is 1.66. The molecule has 116 valence electrons. The summed E-state index contributed by atoms with van der Waals surface area (Å²) in [6.07, 6.45) is 15.2. The molecule has 2 aromatic rings. The summed E-state index contributed by atoms with van der Waals surface area (Å²) < 4.78 is 0. The van der Waals surface area contributed by atoms with Gasteiger partial charge in [0.15, 0.2) is 0 Å². The van der Waals surface area contributed by atoms with Gasteiger partial charge < -0.3 is 10.2 Å². The number of pyridine rings is 1. The molecule has 1 N–H and O–H groups in total. The summed E-state index contributed by atoms with van der Waals surface area (Å²) in [5, 5.41) is 3.30. The Hall–Kier alpha value is -2.81. The summed E-state index contributed by atoms with van der Waals surface area (Å²) in [7, 11) is 0. The van der Waals surface area contributed by atoms with Gasteiger partial charge in [-0.1, -0.05) is 36.4 Å². The number of para-hydroxylation sites is 1. The van der Waals surface area contributed by atoms with Crippen LogP contribution < -0.4 is 10.2 Å². The van der Waals surface area contributed by atoms with Crippen LogP contribution in [0.4, 0.5) is 11.4 Å². The molecule has 1 aliphatic rings. The maximum atomic E-state index is 4.20. The molecule has 0 spiro atoms. The molecular formula is C20H21N3. The number of hydrogen-bond acceptors (Lipinski definition) is 3. The molecule has 3 heteroatoms. The predicted molar refractivity (Wildman–Crippen MR) is 97.2 cm³/mol. The summed E-state index contributed by atoms with van der Waals surface area (Å²) in [5.74, 6) is 0.391. The SMILES string of the molecule is C=CC1CC(/C=C/Nc2ccccc2)C=CN1c1cccnc1. The molecule has 0 bridgehead atoms. The Bertz CT molecular complexity index is 677. The van der Waals surface area contributed by atoms with E-state index in [1.54, 1.807) is 6.20 Å². The first-order valence-corrected chi connectivity index (χ1v) is 7.84. The Morgan fingerprint density at radius 2 is 2.04 bits per heavy atom. The molecule has 2 atom stereocenters. The molecule has 2 heterocycles. The second-order valence-corrected chi connectivity index (χ2v) is 5.53. The van der Waals surface area contributed by atoms with Crippen molar-refractivity contribution in [1.29, 1.82) is 0 Å². The topological polar surface area (TPSA) is 28.2 Å². The van der Waals surface area contributed by atoms with Crippen molar-refractivity contribution in [3.8, 4) is 0 Å². The molecule has 1 aromatic carbocycles. The number of rotatable bonds is 5. The van der Waals surface area contributed by atoms with Crippen LogP contribution in [0.25, 0.3) is 0 Å². The van der Waals surface area contributed by atoms with Crippen LogP contribution in [0.5, 0.6) is 0 Å². The minimum atomic E-state index is 0.274. The molecule has 0 fully saturated rings. The average molecular weight is 303 g/mol. The van der Waals surface area contributed by atoms with Crippen molar-refractivity contribution in [3.63, 3.8) is 0 Å². The summed E-state index contributed by atoms with van der Waals surface area (Å²) in [6.45, 7) is 3.99. The van der Waals surface area contributed by atoms with E-state index in [1.807, 2.05) is 42.7 Å². The van der Waals surface area contributed by atoms with Crippen LogP contribution >= 0.6 is 0 Å². The Labute approximate surface area is 137 Å². The lowest BCUT2D eigenvalue weighted by Crippen LogP contribution is -2.33.